The van der Waals surface area contributed by atoms with E-state index in [1.807, 2.05) is 48.6 Å². The van der Waals surface area contributed by atoms with Gasteiger partial charge in [-0.05, 0) is 30.4 Å². The smallest absolute Gasteiger partial charge is 0.226 e. The highest BCUT2D eigenvalue weighted by Crippen LogP contribution is 2.18. The second kappa shape index (κ2) is 5.27. The summed E-state index contributed by atoms with van der Waals surface area (Å²) >= 11 is 0. The molecule has 4 heteroatoms. The zero-order valence-corrected chi connectivity index (χ0v) is 10.1. The summed E-state index contributed by atoms with van der Waals surface area (Å²) in [7, 11) is 0. The molecular weight excluding hydrogens is 238 g/mol. The van der Waals surface area contributed by atoms with Gasteiger partial charge in [0.05, 0.1) is 5.69 Å². The summed E-state index contributed by atoms with van der Waals surface area (Å²) in [5, 5.41) is 0. The summed E-state index contributed by atoms with van der Waals surface area (Å²) in [5.74, 6) is 0.614. The van der Waals surface area contributed by atoms with Gasteiger partial charge in [0.15, 0.2) is 0 Å². The minimum absolute atomic E-state index is 0.614. The maximum Gasteiger partial charge on any atom is 0.226 e. The molecule has 19 heavy (non-hydrogen) atoms. The topological polar surface area (TPSA) is 51.8 Å². The molecule has 3 rings (SSSR count). The molecule has 0 unspecified atom stereocenters. The van der Waals surface area contributed by atoms with Gasteiger partial charge in [-0.2, -0.15) is 0 Å². The van der Waals surface area contributed by atoms with Crippen molar-refractivity contribution in [1.29, 1.82) is 0 Å². The number of hydrogen-bond acceptors (Lipinski definition) is 4. The van der Waals surface area contributed by atoms with Crippen LogP contribution in [-0.4, -0.2) is 15.0 Å². The van der Waals surface area contributed by atoms with E-state index in [1.165, 1.54) is 6.33 Å². The van der Waals surface area contributed by atoms with Crippen LogP contribution in [0.25, 0.3) is 23.6 Å². The Morgan fingerprint density at radius 1 is 0.947 bits per heavy atom. The first-order chi connectivity index (χ1) is 9.42. The Kier molecular flexibility index (Phi) is 3.14. The van der Waals surface area contributed by atoms with Crippen LogP contribution < -0.4 is 0 Å². The fourth-order valence-corrected chi connectivity index (χ4v) is 1.65. The van der Waals surface area contributed by atoms with Crippen LogP contribution in [0.2, 0.25) is 0 Å². The predicted octanol–water partition coefficient (Wildman–Crippen LogP) is 3.30. The highest BCUT2D eigenvalue weighted by atomic mass is 16.3. The molecule has 0 atom stereocenters. The Morgan fingerprint density at radius 2 is 1.79 bits per heavy atom. The van der Waals surface area contributed by atoms with Crippen LogP contribution in [0, 0.1) is 0 Å². The Labute approximate surface area is 110 Å². The molecule has 92 valence electrons. The van der Waals surface area contributed by atoms with Crippen LogP contribution >= 0.6 is 0 Å². The maximum atomic E-state index is 5.44. The molecule has 0 saturated carbocycles. The summed E-state index contributed by atoms with van der Waals surface area (Å²) in [6.45, 7) is 0. The van der Waals surface area contributed by atoms with E-state index in [9.17, 15) is 0 Å². The van der Waals surface area contributed by atoms with E-state index in [1.54, 1.807) is 12.5 Å². The van der Waals surface area contributed by atoms with Crippen LogP contribution in [0.4, 0.5) is 0 Å². The second-order valence-corrected chi connectivity index (χ2v) is 3.91. The molecule has 2 heterocycles. The predicted molar refractivity (Wildman–Crippen MR) is 72.9 cm³/mol. The van der Waals surface area contributed by atoms with Gasteiger partial charge in [-0.25, -0.2) is 15.0 Å². The van der Waals surface area contributed by atoms with Gasteiger partial charge < -0.3 is 4.42 Å². The summed E-state index contributed by atoms with van der Waals surface area (Å²) in [4.78, 5) is 12.4. The molecule has 0 saturated heterocycles. The van der Waals surface area contributed by atoms with E-state index in [-0.39, 0.29) is 0 Å². The number of rotatable bonds is 3. The highest BCUT2D eigenvalue weighted by Gasteiger charge is 2.03. The Balaban J connectivity index is 1.81. The third kappa shape index (κ3) is 2.74. The van der Waals surface area contributed by atoms with Crippen LogP contribution in [0.5, 0.6) is 0 Å². The normalized spacial score (nSPS) is 10.9. The van der Waals surface area contributed by atoms with E-state index in [2.05, 4.69) is 15.0 Å². The number of hydrogen-bond donors (Lipinski definition) is 0. The van der Waals surface area contributed by atoms with Crippen molar-refractivity contribution >= 4 is 12.2 Å². The lowest BCUT2D eigenvalue weighted by Crippen LogP contribution is -1.80. The maximum absolute atomic E-state index is 5.44. The summed E-state index contributed by atoms with van der Waals surface area (Å²) in [6.07, 6.45) is 8.56. The van der Waals surface area contributed by atoms with Crippen molar-refractivity contribution in [2.45, 2.75) is 0 Å². The molecule has 0 radical (unpaired) electrons. The highest BCUT2D eigenvalue weighted by molar-refractivity contribution is 5.66. The van der Waals surface area contributed by atoms with Gasteiger partial charge in [-0.1, -0.05) is 18.2 Å². The zero-order chi connectivity index (χ0) is 12.9. The first kappa shape index (κ1) is 11.3. The zero-order valence-electron chi connectivity index (χ0n) is 10.1. The fraction of sp³-hybridized carbons (Fsp3) is 0. The molecule has 4 nitrogen and oxygen atoms in total. The average Bonchev–Trinajstić information content (AvgIpc) is 2.96. The SMILES string of the molecule is C(=Cc1coc(-c2ccccc2)n1)c1ccncn1. The minimum Gasteiger partial charge on any atom is -0.444 e. The van der Waals surface area contributed by atoms with Crippen LogP contribution in [0.1, 0.15) is 11.4 Å². The van der Waals surface area contributed by atoms with Crippen molar-refractivity contribution in [2.24, 2.45) is 0 Å². The molecule has 1 aromatic carbocycles. The van der Waals surface area contributed by atoms with E-state index >= 15 is 0 Å². The van der Waals surface area contributed by atoms with Crippen molar-refractivity contribution in [3.63, 3.8) is 0 Å². The van der Waals surface area contributed by atoms with Gasteiger partial charge in [0.2, 0.25) is 5.89 Å². The lowest BCUT2D eigenvalue weighted by molar-refractivity contribution is 0.574. The van der Waals surface area contributed by atoms with Gasteiger partial charge in [0.25, 0.3) is 0 Å². The average molecular weight is 249 g/mol. The molecular formula is C15H11N3O. The number of benzene rings is 1. The van der Waals surface area contributed by atoms with Crippen LogP contribution in [-0.2, 0) is 0 Å². The van der Waals surface area contributed by atoms with Crippen molar-refractivity contribution < 1.29 is 4.42 Å². The number of nitrogens with zero attached hydrogens (tertiary/aromatic N) is 3. The minimum atomic E-state index is 0.614. The molecule has 0 aliphatic heterocycles. The summed E-state index contributed by atoms with van der Waals surface area (Å²) in [5.41, 5.74) is 2.56. The lowest BCUT2D eigenvalue weighted by Gasteiger charge is -1.91. The standard InChI is InChI=1S/C15H11N3O/c1-2-4-12(5-3-1)15-18-14(10-19-15)7-6-13-8-9-16-11-17-13/h1-11H. The van der Waals surface area contributed by atoms with E-state index in [0.717, 1.165) is 17.0 Å². The van der Waals surface area contributed by atoms with Gasteiger partial charge in [-0.3, -0.25) is 0 Å². The van der Waals surface area contributed by atoms with Gasteiger partial charge >= 0.3 is 0 Å². The molecule has 0 amide bonds. The molecule has 0 fully saturated rings. The molecule has 0 aliphatic rings. The Hall–Kier alpha value is -2.75. The van der Waals surface area contributed by atoms with Crippen LogP contribution in [0.3, 0.4) is 0 Å². The van der Waals surface area contributed by atoms with Gasteiger partial charge in [0, 0.05) is 11.8 Å². The third-order valence-corrected chi connectivity index (χ3v) is 2.57. The third-order valence-electron chi connectivity index (χ3n) is 2.57. The van der Waals surface area contributed by atoms with Crippen LogP contribution in [0.15, 0.2) is 59.6 Å². The summed E-state index contributed by atoms with van der Waals surface area (Å²) < 4.78 is 5.44. The fourth-order valence-electron chi connectivity index (χ4n) is 1.65. The second-order valence-electron chi connectivity index (χ2n) is 3.91. The lowest BCUT2D eigenvalue weighted by atomic mass is 10.2. The Morgan fingerprint density at radius 3 is 2.58 bits per heavy atom. The number of oxazole rings is 1. The first-order valence-electron chi connectivity index (χ1n) is 5.87. The van der Waals surface area contributed by atoms with Crippen molar-refractivity contribution in [3.05, 3.63) is 66.6 Å². The van der Waals surface area contributed by atoms with Crippen molar-refractivity contribution in [1.82, 2.24) is 15.0 Å². The number of aromatic nitrogens is 3. The molecule has 0 aliphatic carbocycles. The van der Waals surface area contributed by atoms with Gasteiger partial charge in [-0.15, -0.1) is 0 Å². The summed E-state index contributed by atoms with van der Waals surface area (Å²) in [6, 6.07) is 11.6. The molecule has 2 aromatic heterocycles. The molecule has 0 spiro atoms. The van der Waals surface area contributed by atoms with E-state index < -0.39 is 0 Å². The molecule has 0 bridgehead atoms. The van der Waals surface area contributed by atoms with Crippen molar-refractivity contribution in [2.75, 3.05) is 0 Å². The van der Waals surface area contributed by atoms with E-state index in [0.29, 0.717) is 5.89 Å². The largest absolute Gasteiger partial charge is 0.444 e. The van der Waals surface area contributed by atoms with E-state index in [4.69, 9.17) is 4.42 Å². The monoisotopic (exact) mass is 249 g/mol. The Bertz CT molecular complexity index is 675. The molecule has 3 aromatic rings. The van der Waals surface area contributed by atoms with Crippen molar-refractivity contribution in [3.8, 4) is 11.5 Å². The quantitative estimate of drug-likeness (QED) is 0.714. The first-order valence-corrected chi connectivity index (χ1v) is 5.87. The van der Waals surface area contributed by atoms with Gasteiger partial charge in [0.1, 0.15) is 18.3 Å². The molecule has 0 N–H and O–H groups in total.